The maximum atomic E-state index is 12.2. The summed E-state index contributed by atoms with van der Waals surface area (Å²) in [5.74, 6) is 2.72. The van der Waals surface area contributed by atoms with Crippen molar-refractivity contribution in [2.24, 2.45) is 34.0 Å². The number of methoxy groups -OCH3 is 3. The number of aliphatic carboxylic acids is 3. The Balaban J connectivity index is 0.000000126. The van der Waals surface area contributed by atoms with Gasteiger partial charge in [-0.1, -0.05) is 96.5 Å². The van der Waals surface area contributed by atoms with Crippen molar-refractivity contribution in [3.63, 3.8) is 0 Å². The second-order valence-electron chi connectivity index (χ2n) is 38.3. The van der Waals surface area contributed by atoms with Gasteiger partial charge in [-0.3, -0.25) is 29.1 Å². The number of nitrogens with zero attached hydrogens (tertiary/aromatic N) is 9. The molecule has 9 fully saturated rings. The summed E-state index contributed by atoms with van der Waals surface area (Å²) in [5.41, 5.74) is 21.0. The minimum absolute atomic E-state index is 0.112. The molecule has 3 aromatic heterocycles. The number of halogens is 1. The Morgan fingerprint density at radius 2 is 0.792 bits per heavy atom. The fourth-order valence-electron chi connectivity index (χ4n) is 23.4. The van der Waals surface area contributed by atoms with Crippen LogP contribution in [0.4, 0.5) is 17.5 Å². The van der Waals surface area contributed by atoms with E-state index in [1.54, 1.807) is 21.3 Å². The fraction of sp³-hybridized carbons (Fsp3) is 0.486. The zero-order valence-corrected chi connectivity index (χ0v) is 76.9. The zero-order valence-electron chi connectivity index (χ0n) is 76.1. The minimum Gasteiger partial charge on any atom is -0.488 e. The number of aryl methyl sites for hydroxylation is 4. The molecule has 3 saturated carbocycles. The second kappa shape index (κ2) is 37.5. The average Bonchev–Trinajstić information content (AvgIpc) is 1.54. The Hall–Kier alpha value is -10.1. The smallest absolute Gasteiger partial charge is 0.312 e. The number of ether oxygens (including phenoxy) is 9. The summed E-state index contributed by atoms with van der Waals surface area (Å²) in [4.78, 5) is 66.0. The van der Waals surface area contributed by atoms with Crippen LogP contribution in [0.5, 0.6) is 17.2 Å². The number of rotatable bonds is 27. The molecule has 0 bridgehead atoms. The van der Waals surface area contributed by atoms with Crippen LogP contribution in [0.15, 0.2) is 146 Å². The van der Waals surface area contributed by atoms with Gasteiger partial charge in [-0.2, -0.15) is 0 Å². The van der Waals surface area contributed by atoms with Crippen molar-refractivity contribution in [3.05, 3.63) is 229 Å². The molecule has 684 valence electrons. The van der Waals surface area contributed by atoms with Crippen molar-refractivity contribution in [1.82, 2.24) is 29.7 Å². The van der Waals surface area contributed by atoms with Gasteiger partial charge in [0, 0.05) is 155 Å². The third kappa shape index (κ3) is 17.1. The van der Waals surface area contributed by atoms with Crippen molar-refractivity contribution in [3.8, 4) is 51.0 Å². The van der Waals surface area contributed by atoms with E-state index in [1.807, 2.05) is 84.9 Å². The number of carbonyl (C=O) groups is 3. The topological polar surface area (TPSA) is 253 Å². The molecule has 0 unspecified atom stereocenters. The molecule has 9 atom stereocenters. The summed E-state index contributed by atoms with van der Waals surface area (Å²) >= 11 is 6.73. The molecule has 12 aliphatic rings. The molecule has 9 aliphatic heterocycles. The number of carboxylic acid groups (broad SMARTS) is 3. The highest BCUT2D eigenvalue weighted by atomic mass is 35.5. The summed E-state index contributed by atoms with van der Waals surface area (Å²) in [6.45, 7) is 26.5. The van der Waals surface area contributed by atoms with Gasteiger partial charge in [-0.05, 0) is 255 Å². The number of pyridine rings is 3. The van der Waals surface area contributed by atoms with E-state index < -0.39 is 34.2 Å². The molecule has 0 radical (unpaired) electrons. The predicted octanol–water partition coefficient (Wildman–Crippen LogP) is 16.5. The van der Waals surface area contributed by atoms with E-state index in [1.165, 1.54) is 61.2 Å². The van der Waals surface area contributed by atoms with E-state index in [4.69, 9.17) is 69.2 Å². The summed E-state index contributed by atoms with van der Waals surface area (Å²) in [7, 11) is 4.89. The summed E-state index contributed by atoms with van der Waals surface area (Å²) < 4.78 is 52.9. The van der Waals surface area contributed by atoms with Crippen molar-refractivity contribution in [2.45, 2.75) is 188 Å². The zero-order chi connectivity index (χ0) is 89.9. The quantitative estimate of drug-likeness (QED) is 0.0432. The van der Waals surface area contributed by atoms with Gasteiger partial charge >= 0.3 is 17.9 Å². The average molecular weight is 1790 g/mol. The number of para-hydroxylation sites is 3. The Kier molecular flexibility index (Phi) is 25.7. The molecule has 0 spiro atoms. The van der Waals surface area contributed by atoms with Gasteiger partial charge in [-0.15, -0.1) is 0 Å². The van der Waals surface area contributed by atoms with Gasteiger partial charge in [0.1, 0.15) is 54.5 Å². The lowest BCUT2D eigenvalue weighted by Crippen LogP contribution is -2.43. The molecule has 12 heterocycles. The third-order valence-corrected chi connectivity index (χ3v) is 31.2. The predicted molar refractivity (Wildman–Crippen MR) is 498 cm³/mol. The van der Waals surface area contributed by atoms with E-state index >= 15 is 0 Å². The van der Waals surface area contributed by atoms with Gasteiger partial charge in [0.15, 0.2) is 0 Å². The molecule has 3 N–H and O–H groups in total. The molecule has 9 aromatic rings. The largest absolute Gasteiger partial charge is 0.488 e. The van der Waals surface area contributed by atoms with E-state index in [9.17, 15) is 29.7 Å². The van der Waals surface area contributed by atoms with Gasteiger partial charge in [0.05, 0.1) is 76.3 Å². The van der Waals surface area contributed by atoms with Gasteiger partial charge < -0.3 is 72.7 Å². The van der Waals surface area contributed by atoms with Crippen LogP contribution in [0.25, 0.3) is 33.8 Å². The van der Waals surface area contributed by atoms with Crippen LogP contribution < -0.4 is 28.9 Å². The first-order chi connectivity index (χ1) is 63.2. The molecular weight excluding hydrogens is 1660 g/mol. The first-order valence-corrected chi connectivity index (χ1v) is 47.1. The van der Waals surface area contributed by atoms with E-state index in [0.717, 1.165) is 203 Å². The molecule has 25 heteroatoms. The normalized spacial score (nSPS) is 25.0. The lowest BCUT2D eigenvalue weighted by Gasteiger charge is -2.38. The lowest BCUT2D eigenvalue weighted by atomic mass is 9.91. The first-order valence-electron chi connectivity index (χ1n) is 46.7. The lowest BCUT2D eigenvalue weighted by molar-refractivity contribution is -0.145. The maximum Gasteiger partial charge on any atom is 0.312 e. The summed E-state index contributed by atoms with van der Waals surface area (Å²) in [6, 6.07) is 50.6. The fourth-order valence-corrected chi connectivity index (χ4v) is 23.7. The Morgan fingerprint density at radius 3 is 1.24 bits per heavy atom. The van der Waals surface area contributed by atoms with Crippen LogP contribution in [0.3, 0.4) is 0 Å². The SMILES string of the molecule is COC[C@H]1N(c2cccc(-c3cccc(C)c3OCc3cc(C)c4c(c3)CN(C3CCOCC3)C4)n2)C[C@@H]2C[C@@]21C(=O)O.COC[C@H]1N(c2cccc(-c3cccc(C)c3OCc3ccc4c(c3C)CN(C3CCOCC3)C4)n2)C[C@@H]2C[C@@]21C(=O)O.COC[C@H]1N(c2cccc(-c3cccc(Cl)c3OCc3cc(C)c4c(c3)CCN(C3CCOCC3)C4)n2)C[C@@H]2C[C@@]21C(=O)O. The van der Waals surface area contributed by atoms with Crippen molar-refractivity contribution >= 4 is 47.0 Å². The minimum atomic E-state index is -0.756. The van der Waals surface area contributed by atoms with Crippen LogP contribution in [0.2, 0.25) is 5.02 Å². The molecule has 6 aromatic carbocycles. The van der Waals surface area contributed by atoms with Crippen LogP contribution in [-0.2, 0) is 102 Å². The number of hydrogen-bond acceptors (Lipinski definition) is 21. The number of benzene rings is 6. The molecule has 3 aliphatic carbocycles. The Bertz CT molecular complexity index is 5710. The standard InChI is InChI=1S/C35H40ClN3O5.2C35H41N3O5/c1-22-15-23(16-24-9-12-38(19-28(22)24)26-10-13-43-14-11-26)20-44-33-27(5-3-6-29(33)36)30-7-4-8-32(37-30)39-18-25-17-35(25,34(40)41)31(39)21-42-2;1-22-6-4-7-28(30-8-5-9-32(36-30)38-18-26-16-35(26,34(39)40)31(38)21-41-3)33(22)43-20-24-14-23(2)29-19-37(17-25(29)15-24)27-10-12-42-13-11-27;1-22-6-4-7-28(30-8-5-9-32(36-30)38-18-26-16-35(26,34(39)40)31(38)21-41-3)33(22)43-20-25-11-10-24-17-37(19-29(24)23(25)2)27-12-14-42-15-13-27/h3-8,15-16,25-26,31H,9-14,17-21H2,1-2H3,(H,40,41);4-9,14-15,26-27,31H,10-13,16-21H2,1-3H3,(H,39,40);4-11,26-27,31H,12-21H2,1-3H3,(H,39,40)/t25-,31+,35+;2*26-,31+,35+/m000/s1. The van der Waals surface area contributed by atoms with Gasteiger partial charge in [-0.25, -0.2) is 15.0 Å². The van der Waals surface area contributed by atoms with E-state index in [-0.39, 0.29) is 35.9 Å². The monoisotopic (exact) mass is 1780 g/mol. The van der Waals surface area contributed by atoms with Crippen LogP contribution >= 0.6 is 11.6 Å². The number of fused-ring (bicyclic) bond motifs is 6. The molecule has 130 heavy (non-hydrogen) atoms. The first kappa shape index (κ1) is 89.1. The Labute approximate surface area is 767 Å². The number of hydrogen-bond donors (Lipinski definition) is 3. The molecule has 0 amide bonds. The highest BCUT2D eigenvalue weighted by Gasteiger charge is 2.73. The Morgan fingerprint density at radius 1 is 0.415 bits per heavy atom. The van der Waals surface area contributed by atoms with Gasteiger partial charge in [0.25, 0.3) is 0 Å². The third-order valence-electron chi connectivity index (χ3n) is 30.9. The van der Waals surface area contributed by atoms with E-state index in [2.05, 4.69) is 125 Å². The number of carboxylic acids is 3. The highest BCUT2D eigenvalue weighted by Crippen LogP contribution is 2.65. The second-order valence-corrected chi connectivity index (χ2v) is 38.7. The van der Waals surface area contributed by atoms with Crippen molar-refractivity contribution in [2.75, 3.05) is 122 Å². The van der Waals surface area contributed by atoms with Crippen molar-refractivity contribution < 1.29 is 72.3 Å². The summed E-state index contributed by atoms with van der Waals surface area (Å²) in [6.07, 6.45) is 9.83. The van der Waals surface area contributed by atoms with Crippen LogP contribution in [0.1, 0.15) is 136 Å². The molecular formula is C105H122ClN9O15. The van der Waals surface area contributed by atoms with E-state index in [0.29, 0.717) is 107 Å². The van der Waals surface area contributed by atoms with Gasteiger partial charge in [0.2, 0.25) is 0 Å². The molecule has 6 saturated heterocycles. The van der Waals surface area contributed by atoms with Crippen molar-refractivity contribution in [1.29, 1.82) is 0 Å². The molecule has 24 nitrogen and oxygen atoms in total. The highest BCUT2D eigenvalue weighted by molar-refractivity contribution is 6.32. The van der Waals surface area contributed by atoms with Crippen LogP contribution in [-0.4, -0.2) is 206 Å². The van der Waals surface area contributed by atoms with Crippen LogP contribution in [0, 0.1) is 68.6 Å². The summed E-state index contributed by atoms with van der Waals surface area (Å²) in [5, 5.41) is 30.7. The number of aromatic nitrogens is 3. The number of anilines is 3. The maximum absolute atomic E-state index is 12.2. The number of piperidine rings is 3. The molecule has 21 rings (SSSR count).